The summed E-state index contributed by atoms with van der Waals surface area (Å²) in [7, 11) is 0. The van der Waals surface area contributed by atoms with Crippen molar-refractivity contribution in [3.63, 3.8) is 0 Å². The van der Waals surface area contributed by atoms with Crippen molar-refractivity contribution in [2.45, 2.75) is 19.4 Å². The largest absolute Gasteiger partial charge is 0.478 e. The number of rotatable bonds is 9. The van der Waals surface area contributed by atoms with Gasteiger partial charge in [-0.05, 0) is 42.2 Å². The SMILES string of the molecule is O=C(O)c1cn2ncnc(Nc3ccc(F)c(Cl)c3)c2c1CCCOCc1ccccc1. The Morgan fingerprint density at radius 1 is 1.22 bits per heavy atom. The average Bonchev–Trinajstić information content (AvgIpc) is 3.17. The topological polar surface area (TPSA) is 88.8 Å². The third-order valence-electron chi connectivity index (χ3n) is 4.92. The number of hydrogen-bond acceptors (Lipinski definition) is 5. The van der Waals surface area contributed by atoms with Gasteiger partial charge < -0.3 is 15.2 Å². The fourth-order valence-electron chi connectivity index (χ4n) is 3.43. The van der Waals surface area contributed by atoms with Crippen LogP contribution in [0.2, 0.25) is 5.02 Å². The van der Waals surface area contributed by atoms with Gasteiger partial charge in [-0.2, -0.15) is 5.10 Å². The van der Waals surface area contributed by atoms with Gasteiger partial charge in [-0.3, -0.25) is 0 Å². The number of halogens is 2. The molecule has 4 rings (SSSR count). The predicted octanol–water partition coefficient (Wildman–Crippen LogP) is 5.11. The van der Waals surface area contributed by atoms with Gasteiger partial charge in [0.25, 0.3) is 0 Å². The van der Waals surface area contributed by atoms with E-state index in [1.807, 2.05) is 30.3 Å². The molecule has 9 heteroatoms. The van der Waals surface area contributed by atoms with E-state index in [4.69, 9.17) is 16.3 Å². The molecule has 0 amide bonds. The quantitative estimate of drug-likeness (QED) is 0.341. The number of fused-ring (bicyclic) bond motifs is 1. The fourth-order valence-corrected chi connectivity index (χ4v) is 3.61. The maximum absolute atomic E-state index is 13.5. The van der Waals surface area contributed by atoms with E-state index in [-0.39, 0.29) is 10.6 Å². The molecule has 0 fully saturated rings. The number of carbonyl (C=O) groups is 1. The highest BCUT2D eigenvalue weighted by Crippen LogP contribution is 2.28. The van der Waals surface area contributed by atoms with Crippen LogP contribution in [-0.4, -0.2) is 32.3 Å². The number of hydrogen-bond donors (Lipinski definition) is 2. The molecular formula is C23H20ClFN4O3. The van der Waals surface area contributed by atoms with Gasteiger partial charge in [0, 0.05) is 18.5 Å². The number of nitrogens with zero attached hydrogens (tertiary/aromatic N) is 3. The van der Waals surface area contributed by atoms with Crippen LogP contribution in [0.15, 0.2) is 61.1 Å². The van der Waals surface area contributed by atoms with Gasteiger partial charge in [-0.25, -0.2) is 18.7 Å². The lowest BCUT2D eigenvalue weighted by Crippen LogP contribution is -2.04. The van der Waals surface area contributed by atoms with Crippen molar-refractivity contribution in [2.75, 3.05) is 11.9 Å². The minimum absolute atomic E-state index is 0.0301. The minimum atomic E-state index is -1.05. The number of carboxylic acid groups (broad SMARTS) is 1. The summed E-state index contributed by atoms with van der Waals surface area (Å²) >= 11 is 5.87. The smallest absolute Gasteiger partial charge is 0.337 e. The van der Waals surface area contributed by atoms with E-state index in [0.717, 1.165) is 5.56 Å². The molecule has 4 aromatic rings. The zero-order chi connectivity index (χ0) is 22.5. The molecule has 2 aromatic carbocycles. The first-order valence-corrected chi connectivity index (χ1v) is 10.3. The van der Waals surface area contributed by atoms with Crippen molar-refractivity contribution >= 4 is 34.6 Å². The Hall–Kier alpha value is -3.49. The molecule has 2 heterocycles. The normalized spacial score (nSPS) is 11.1. The molecule has 0 radical (unpaired) electrons. The molecule has 0 aliphatic carbocycles. The highest BCUT2D eigenvalue weighted by Gasteiger charge is 2.20. The second kappa shape index (κ2) is 9.76. The van der Waals surface area contributed by atoms with Crippen LogP contribution in [0.3, 0.4) is 0 Å². The summed E-state index contributed by atoms with van der Waals surface area (Å²) in [5.41, 5.74) is 2.87. The number of nitrogens with one attached hydrogen (secondary N) is 1. The van der Waals surface area contributed by atoms with Gasteiger partial charge in [0.05, 0.1) is 17.2 Å². The summed E-state index contributed by atoms with van der Waals surface area (Å²) in [5.74, 6) is -1.18. The van der Waals surface area contributed by atoms with Crippen molar-refractivity contribution in [1.82, 2.24) is 14.6 Å². The van der Waals surface area contributed by atoms with Crippen molar-refractivity contribution in [2.24, 2.45) is 0 Å². The van der Waals surface area contributed by atoms with Crippen LogP contribution in [0.4, 0.5) is 15.9 Å². The van der Waals surface area contributed by atoms with Crippen LogP contribution < -0.4 is 5.32 Å². The molecule has 0 atom stereocenters. The first-order valence-electron chi connectivity index (χ1n) is 9.95. The summed E-state index contributed by atoms with van der Waals surface area (Å²) < 4.78 is 20.7. The van der Waals surface area contributed by atoms with Crippen LogP contribution in [0.25, 0.3) is 5.52 Å². The number of anilines is 2. The molecule has 0 unspecified atom stereocenters. The summed E-state index contributed by atoms with van der Waals surface area (Å²) in [6.45, 7) is 0.958. The minimum Gasteiger partial charge on any atom is -0.478 e. The molecule has 0 aliphatic rings. The Morgan fingerprint density at radius 2 is 2.03 bits per heavy atom. The average molecular weight is 455 g/mol. The third kappa shape index (κ3) is 4.87. The van der Waals surface area contributed by atoms with Gasteiger partial charge >= 0.3 is 5.97 Å². The van der Waals surface area contributed by atoms with Gasteiger partial charge in [0.15, 0.2) is 5.82 Å². The summed E-state index contributed by atoms with van der Waals surface area (Å²) in [6, 6.07) is 14.0. The van der Waals surface area contributed by atoms with E-state index >= 15 is 0 Å². The van der Waals surface area contributed by atoms with Crippen LogP contribution in [-0.2, 0) is 17.8 Å². The van der Waals surface area contributed by atoms with Crippen molar-refractivity contribution in [3.05, 3.63) is 88.6 Å². The fraction of sp³-hybridized carbons (Fsp3) is 0.174. The first kappa shape index (κ1) is 21.7. The number of benzene rings is 2. The van der Waals surface area contributed by atoms with E-state index in [9.17, 15) is 14.3 Å². The van der Waals surface area contributed by atoms with Gasteiger partial charge in [0.1, 0.15) is 17.7 Å². The van der Waals surface area contributed by atoms with E-state index in [2.05, 4.69) is 15.4 Å². The van der Waals surface area contributed by atoms with Crippen molar-refractivity contribution < 1.29 is 19.0 Å². The second-order valence-corrected chi connectivity index (χ2v) is 7.53. The zero-order valence-corrected chi connectivity index (χ0v) is 17.7. The molecule has 0 aliphatic heterocycles. The van der Waals surface area contributed by atoms with E-state index in [0.29, 0.717) is 48.6 Å². The lowest BCUT2D eigenvalue weighted by molar-refractivity contribution is 0.0695. The molecule has 0 saturated carbocycles. The molecular weight excluding hydrogens is 435 g/mol. The lowest BCUT2D eigenvalue weighted by Gasteiger charge is -2.10. The molecule has 32 heavy (non-hydrogen) atoms. The molecule has 2 N–H and O–H groups in total. The number of aromatic carboxylic acids is 1. The Kier molecular flexibility index (Phi) is 6.63. The monoisotopic (exact) mass is 454 g/mol. The zero-order valence-electron chi connectivity index (χ0n) is 17.0. The number of aryl methyl sites for hydroxylation is 1. The Morgan fingerprint density at radius 3 is 2.78 bits per heavy atom. The molecule has 7 nitrogen and oxygen atoms in total. The lowest BCUT2D eigenvalue weighted by atomic mass is 10.1. The third-order valence-corrected chi connectivity index (χ3v) is 5.21. The predicted molar refractivity (Wildman–Crippen MR) is 119 cm³/mol. The van der Waals surface area contributed by atoms with E-state index in [1.54, 1.807) is 0 Å². The van der Waals surface area contributed by atoms with Gasteiger partial charge in [0.2, 0.25) is 0 Å². The Balaban J connectivity index is 1.55. The van der Waals surface area contributed by atoms with Crippen LogP contribution in [0, 0.1) is 5.82 Å². The van der Waals surface area contributed by atoms with E-state index in [1.165, 1.54) is 35.2 Å². The maximum Gasteiger partial charge on any atom is 0.337 e. The standard InChI is InChI=1S/C23H20ClFN4O3/c24-19-11-16(8-9-20(19)25)28-22-21-17(18(23(30)31)12-29(21)27-14-26-22)7-4-10-32-13-15-5-2-1-3-6-15/h1-3,5-6,8-9,11-12,14H,4,7,10,13H2,(H,30,31)(H,26,27,28). The first-order chi connectivity index (χ1) is 15.5. The molecule has 0 bridgehead atoms. The van der Waals surface area contributed by atoms with Crippen LogP contribution in [0.5, 0.6) is 0 Å². The highest BCUT2D eigenvalue weighted by molar-refractivity contribution is 6.31. The Labute approximate surface area is 188 Å². The van der Waals surface area contributed by atoms with Crippen LogP contribution >= 0.6 is 11.6 Å². The van der Waals surface area contributed by atoms with Gasteiger partial charge in [-0.15, -0.1) is 0 Å². The summed E-state index contributed by atoms with van der Waals surface area (Å²) in [6.07, 6.45) is 3.85. The molecule has 2 aromatic heterocycles. The summed E-state index contributed by atoms with van der Waals surface area (Å²) in [5, 5.41) is 16.9. The second-order valence-electron chi connectivity index (χ2n) is 7.12. The molecule has 0 spiro atoms. The van der Waals surface area contributed by atoms with Crippen molar-refractivity contribution in [1.29, 1.82) is 0 Å². The molecule has 0 saturated heterocycles. The number of ether oxygens (including phenoxy) is 1. The van der Waals surface area contributed by atoms with Gasteiger partial charge in [-0.1, -0.05) is 41.9 Å². The maximum atomic E-state index is 13.5. The summed E-state index contributed by atoms with van der Waals surface area (Å²) in [4.78, 5) is 16.1. The Bertz CT molecular complexity index is 1250. The number of aromatic nitrogens is 3. The van der Waals surface area contributed by atoms with Crippen LogP contribution in [0.1, 0.15) is 27.9 Å². The van der Waals surface area contributed by atoms with Crippen molar-refractivity contribution in [3.8, 4) is 0 Å². The van der Waals surface area contributed by atoms with E-state index < -0.39 is 11.8 Å². The molecule has 164 valence electrons. The highest BCUT2D eigenvalue weighted by atomic mass is 35.5. The number of carboxylic acids is 1.